The number of ether oxygens (including phenoxy) is 1. The molecule has 35 heavy (non-hydrogen) atoms. The molecule has 0 aliphatic carbocycles. The lowest BCUT2D eigenvalue weighted by Gasteiger charge is -2.31. The van der Waals surface area contributed by atoms with Crippen molar-refractivity contribution in [3.05, 3.63) is 87.9 Å². The van der Waals surface area contributed by atoms with Gasteiger partial charge in [-0.2, -0.15) is 5.26 Å². The largest absolute Gasteiger partial charge is 0.468 e. The fraction of sp³-hybridized carbons (Fsp3) is 0.154. The van der Waals surface area contributed by atoms with Crippen molar-refractivity contribution in [2.24, 2.45) is 5.92 Å². The highest BCUT2D eigenvalue weighted by molar-refractivity contribution is 8.03. The first kappa shape index (κ1) is 24.3. The van der Waals surface area contributed by atoms with Gasteiger partial charge in [0.05, 0.1) is 29.5 Å². The Kier molecular flexibility index (Phi) is 7.39. The van der Waals surface area contributed by atoms with Crippen LogP contribution in [0.3, 0.4) is 0 Å². The number of methoxy groups -OCH3 is 1. The Morgan fingerprint density at radius 2 is 1.83 bits per heavy atom. The second-order valence-corrected chi connectivity index (χ2v) is 9.10. The second-order valence-electron chi connectivity index (χ2n) is 7.71. The summed E-state index contributed by atoms with van der Waals surface area (Å²) in [7, 11) is 1.18. The van der Waals surface area contributed by atoms with E-state index < -0.39 is 23.7 Å². The molecular formula is C26H20ClN3O4S. The summed E-state index contributed by atoms with van der Waals surface area (Å²) in [5.74, 6) is -4.02. The van der Waals surface area contributed by atoms with Crippen LogP contribution in [0.4, 0.5) is 5.69 Å². The Morgan fingerprint density at radius 3 is 2.57 bits per heavy atom. The molecule has 0 unspecified atom stereocenters. The smallest absolute Gasteiger partial charge is 0.319 e. The molecule has 0 saturated heterocycles. The molecule has 2 atom stereocenters. The molecule has 0 bridgehead atoms. The van der Waals surface area contributed by atoms with Gasteiger partial charge in [-0.15, -0.1) is 0 Å². The van der Waals surface area contributed by atoms with Gasteiger partial charge in [0.15, 0.2) is 0 Å². The van der Waals surface area contributed by atoms with Gasteiger partial charge in [0.25, 0.3) is 0 Å². The van der Waals surface area contributed by atoms with Crippen LogP contribution < -0.4 is 10.6 Å². The number of nitrogens with one attached hydrogen (secondary N) is 2. The van der Waals surface area contributed by atoms with Crippen molar-refractivity contribution in [3.8, 4) is 6.07 Å². The lowest BCUT2D eigenvalue weighted by atomic mass is 9.78. The first-order chi connectivity index (χ1) is 16.9. The van der Waals surface area contributed by atoms with Crippen LogP contribution in [0.2, 0.25) is 5.02 Å². The number of carbonyl (C=O) groups excluding carboxylic acids is 3. The molecule has 3 aromatic carbocycles. The van der Waals surface area contributed by atoms with E-state index in [0.717, 1.165) is 22.5 Å². The summed E-state index contributed by atoms with van der Waals surface area (Å²) in [6, 6.07) is 22.1. The van der Waals surface area contributed by atoms with Gasteiger partial charge >= 0.3 is 5.97 Å². The summed E-state index contributed by atoms with van der Waals surface area (Å²) in [4.78, 5) is 38.2. The van der Waals surface area contributed by atoms with E-state index >= 15 is 0 Å². The van der Waals surface area contributed by atoms with E-state index in [9.17, 15) is 19.6 Å². The van der Waals surface area contributed by atoms with E-state index in [0.29, 0.717) is 16.3 Å². The molecule has 0 aromatic heterocycles. The van der Waals surface area contributed by atoms with Crippen LogP contribution in [0.15, 0.2) is 77.3 Å². The Hall–Kier alpha value is -3.80. The lowest BCUT2D eigenvalue weighted by Crippen LogP contribution is -2.44. The molecule has 176 valence electrons. The average molecular weight is 506 g/mol. The minimum Gasteiger partial charge on any atom is -0.468 e. The van der Waals surface area contributed by atoms with E-state index in [-0.39, 0.29) is 22.3 Å². The average Bonchev–Trinajstić information content (AvgIpc) is 2.87. The Morgan fingerprint density at radius 1 is 1.11 bits per heavy atom. The molecule has 9 heteroatoms. The second kappa shape index (κ2) is 10.6. The van der Waals surface area contributed by atoms with Crippen LogP contribution in [-0.2, 0) is 19.1 Å². The van der Waals surface area contributed by atoms with Crippen LogP contribution in [0.1, 0.15) is 11.5 Å². The topological polar surface area (TPSA) is 108 Å². The quantitative estimate of drug-likeness (QED) is 0.374. The number of anilines is 1. The molecule has 0 fully saturated rings. The molecule has 3 aromatic rings. The van der Waals surface area contributed by atoms with Gasteiger partial charge in [-0.3, -0.25) is 14.4 Å². The molecule has 2 amide bonds. The summed E-state index contributed by atoms with van der Waals surface area (Å²) in [5.41, 5.74) is 1.25. The van der Waals surface area contributed by atoms with Crippen LogP contribution in [-0.4, -0.2) is 30.6 Å². The molecule has 7 nitrogen and oxygen atoms in total. The maximum atomic E-state index is 12.9. The van der Waals surface area contributed by atoms with Gasteiger partial charge in [0.1, 0.15) is 5.92 Å². The lowest BCUT2D eigenvalue weighted by molar-refractivity contribution is -0.150. The van der Waals surface area contributed by atoms with Crippen LogP contribution >= 0.6 is 23.4 Å². The first-order valence-electron chi connectivity index (χ1n) is 10.6. The maximum absolute atomic E-state index is 12.9. The third-order valence-electron chi connectivity index (χ3n) is 5.64. The van der Waals surface area contributed by atoms with E-state index in [1.165, 1.54) is 7.11 Å². The van der Waals surface area contributed by atoms with Crippen molar-refractivity contribution >= 4 is 57.6 Å². The molecule has 0 radical (unpaired) electrons. The van der Waals surface area contributed by atoms with Gasteiger partial charge in [0, 0.05) is 22.0 Å². The summed E-state index contributed by atoms with van der Waals surface area (Å²) in [5, 5.41) is 17.9. The van der Waals surface area contributed by atoms with E-state index in [2.05, 4.69) is 16.7 Å². The van der Waals surface area contributed by atoms with E-state index in [1.807, 2.05) is 42.5 Å². The first-order valence-corrected chi connectivity index (χ1v) is 12.0. The minimum absolute atomic E-state index is 0.0673. The van der Waals surface area contributed by atoms with Crippen molar-refractivity contribution in [3.63, 3.8) is 0 Å². The molecule has 1 heterocycles. The number of hydrogen-bond acceptors (Lipinski definition) is 6. The third-order valence-corrected chi connectivity index (χ3v) is 7.00. The van der Waals surface area contributed by atoms with E-state index in [1.54, 1.807) is 24.3 Å². The number of esters is 1. The van der Waals surface area contributed by atoms with Crippen molar-refractivity contribution in [2.45, 2.75) is 5.92 Å². The predicted molar refractivity (Wildman–Crippen MR) is 136 cm³/mol. The van der Waals surface area contributed by atoms with Gasteiger partial charge in [-0.1, -0.05) is 78.0 Å². The van der Waals surface area contributed by atoms with Crippen molar-refractivity contribution < 1.29 is 19.1 Å². The number of nitrogens with zero attached hydrogens (tertiary/aromatic N) is 1. The standard InChI is InChI=1S/C26H20ClN3O4S/c1-34-26(33)23-22(17-10-4-5-11-19(17)27)18(13-28)25(30-24(23)32)35-14-21(31)29-20-12-6-8-15-7-2-3-9-16(15)20/h2-12,22-23H,14H2,1H3,(H,29,31)(H,30,32)/t22-,23+/m1/s1. The van der Waals surface area contributed by atoms with Crippen molar-refractivity contribution in [2.75, 3.05) is 18.2 Å². The molecule has 0 spiro atoms. The number of nitriles is 1. The van der Waals surface area contributed by atoms with Crippen molar-refractivity contribution in [1.29, 1.82) is 5.26 Å². The zero-order valence-electron chi connectivity index (χ0n) is 18.6. The van der Waals surface area contributed by atoms with Crippen LogP contribution in [0, 0.1) is 17.2 Å². The SMILES string of the molecule is COC(=O)[C@@H]1C(=O)NC(SCC(=O)Nc2cccc3ccccc23)=C(C#N)[C@H]1c1ccccc1Cl. The summed E-state index contributed by atoms with van der Waals surface area (Å²) < 4.78 is 4.83. The van der Waals surface area contributed by atoms with Crippen molar-refractivity contribution in [1.82, 2.24) is 5.32 Å². The van der Waals surface area contributed by atoms with Gasteiger partial charge in [-0.05, 0) is 23.1 Å². The molecular weight excluding hydrogens is 486 g/mol. The third kappa shape index (κ3) is 5.02. The number of thioether (sulfide) groups is 1. The Labute approximate surface area is 211 Å². The van der Waals surface area contributed by atoms with Crippen LogP contribution in [0.5, 0.6) is 0 Å². The molecule has 1 aliphatic heterocycles. The molecule has 1 aliphatic rings. The Bertz CT molecular complexity index is 1390. The molecule has 4 rings (SSSR count). The number of benzene rings is 3. The number of rotatable bonds is 6. The number of fused-ring (bicyclic) bond motifs is 1. The number of carbonyl (C=O) groups is 3. The minimum atomic E-state index is -1.29. The molecule has 2 N–H and O–H groups in total. The maximum Gasteiger partial charge on any atom is 0.319 e. The summed E-state index contributed by atoms with van der Waals surface area (Å²) in [6.07, 6.45) is 0. The number of halogens is 1. The zero-order valence-corrected chi connectivity index (χ0v) is 20.2. The summed E-state index contributed by atoms with van der Waals surface area (Å²) in [6.45, 7) is 0. The van der Waals surface area contributed by atoms with Gasteiger partial charge in [-0.25, -0.2) is 0 Å². The van der Waals surface area contributed by atoms with E-state index in [4.69, 9.17) is 16.3 Å². The van der Waals surface area contributed by atoms with Gasteiger partial charge in [0.2, 0.25) is 11.8 Å². The van der Waals surface area contributed by atoms with Gasteiger partial charge < -0.3 is 15.4 Å². The fourth-order valence-electron chi connectivity index (χ4n) is 4.04. The summed E-state index contributed by atoms with van der Waals surface area (Å²) >= 11 is 7.38. The highest BCUT2D eigenvalue weighted by Crippen LogP contribution is 2.42. The normalized spacial score (nSPS) is 17.5. The number of allylic oxidation sites excluding steroid dienone is 1. The Balaban J connectivity index is 1.62. The monoisotopic (exact) mass is 505 g/mol. The zero-order chi connectivity index (χ0) is 24.9. The van der Waals surface area contributed by atoms with Crippen LogP contribution in [0.25, 0.3) is 10.8 Å². The number of hydrogen-bond donors (Lipinski definition) is 2. The predicted octanol–water partition coefficient (Wildman–Crippen LogP) is 4.60. The highest BCUT2D eigenvalue weighted by atomic mass is 35.5. The molecule has 0 saturated carbocycles. The number of amides is 2. The fourth-order valence-corrected chi connectivity index (χ4v) is 5.14. The highest BCUT2D eigenvalue weighted by Gasteiger charge is 2.45.